The minimum atomic E-state index is -4.42. The van der Waals surface area contributed by atoms with Crippen molar-refractivity contribution in [2.45, 2.75) is 6.18 Å². The summed E-state index contributed by atoms with van der Waals surface area (Å²) in [6.07, 6.45) is -4.42. The lowest BCUT2D eigenvalue weighted by molar-refractivity contribution is -0.137. The predicted molar refractivity (Wildman–Crippen MR) is 70.9 cm³/mol. The molecule has 0 unspecified atom stereocenters. The van der Waals surface area contributed by atoms with E-state index in [2.05, 4.69) is 9.97 Å². The van der Waals surface area contributed by atoms with Gasteiger partial charge in [-0.1, -0.05) is 18.2 Å². The monoisotopic (exact) mass is 277 g/mol. The summed E-state index contributed by atoms with van der Waals surface area (Å²) in [6.45, 7) is 0. The summed E-state index contributed by atoms with van der Waals surface area (Å²) in [5, 5.41) is 0. The first kappa shape index (κ1) is 12.5. The van der Waals surface area contributed by atoms with Gasteiger partial charge in [0, 0.05) is 11.3 Å². The highest BCUT2D eigenvalue weighted by molar-refractivity contribution is 5.82. The molecule has 3 aromatic rings. The Bertz CT molecular complexity index is 775. The van der Waals surface area contributed by atoms with Crippen LogP contribution in [0.4, 0.5) is 18.9 Å². The maximum atomic E-state index is 13.0. The van der Waals surface area contributed by atoms with Crippen LogP contribution < -0.4 is 5.73 Å². The molecule has 0 aliphatic rings. The van der Waals surface area contributed by atoms with E-state index in [-0.39, 0.29) is 11.4 Å². The molecule has 0 bridgehead atoms. The number of nitrogens with one attached hydrogen (secondary N) is 1. The Balaban J connectivity index is 2.21. The van der Waals surface area contributed by atoms with Crippen molar-refractivity contribution in [3.63, 3.8) is 0 Å². The smallest absolute Gasteiger partial charge is 0.399 e. The second-order valence-corrected chi connectivity index (χ2v) is 4.41. The lowest BCUT2D eigenvalue weighted by Gasteiger charge is -2.10. The van der Waals surface area contributed by atoms with Crippen LogP contribution in [0.5, 0.6) is 0 Å². The number of nitrogens with zero attached hydrogens (tertiary/aromatic N) is 1. The van der Waals surface area contributed by atoms with Crippen molar-refractivity contribution in [2.75, 3.05) is 5.73 Å². The molecule has 1 aromatic heterocycles. The third-order valence-corrected chi connectivity index (χ3v) is 2.99. The molecule has 0 aliphatic heterocycles. The van der Waals surface area contributed by atoms with Crippen molar-refractivity contribution < 1.29 is 13.2 Å². The fraction of sp³-hybridized carbons (Fsp3) is 0.0714. The number of rotatable bonds is 1. The van der Waals surface area contributed by atoms with E-state index in [0.29, 0.717) is 16.7 Å². The highest BCUT2D eigenvalue weighted by atomic mass is 19.4. The number of H-pyrrole nitrogens is 1. The highest BCUT2D eigenvalue weighted by Gasteiger charge is 2.34. The van der Waals surface area contributed by atoms with Crippen LogP contribution in [0, 0.1) is 0 Å². The number of alkyl halides is 3. The number of anilines is 1. The van der Waals surface area contributed by atoms with Crippen LogP contribution in [0.25, 0.3) is 22.4 Å². The van der Waals surface area contributed by atoms with Gasteiger partial charge in [0.1, 0.15) is 5.82 Å². The molecule has 0 fully saturated rings. The molecule has 6 heteroatoms. The third kappa shape index (κ3) is 2.09. The van der Waals surface area contributed by atoms with Gasteiger partial charge in [0.25, 0.3) is 0 Å². The number of aromatic amines is 1. The molecule has 0 amide bonds. The average molecular weight is 277 g/mol. The first-order valence-corrected chi connectivity index (χ1v) is 5.87. The van der Waals surface area contributed by atoms with Crippen molar-refractivity contribution in [3.05, 3.63) is 48.0 Å². The normalized spacial score (nSPS) is 11.9. The van der Waals surface area contributed by atoms with Crippen LogP contribution >= 0.6 is 0 Å². The number of hydrogen-bond acceptors (Lipinski definition) is 2. The molecule has 3 nitrogen and oxygen atoms in total. The van der Waals surface area contributed by atoms with Crippen LogP contribution in [-0.4, -0.2) is 9.97 Å². The summed E-state index contributed by atoms with van der Waals surface area (Å²) < 4.78 is 39.0. The highest BCUT2D eigenvalue weighted by Crippen LogP contribution is 2.36. The Labute approximate surface area is 112 Å². The van der Waals surface area contributed by atoms with Gasteiger partial charge in [-0.05, 0) is 24.3 Å². The Kier molecular flexibility index (Phi) is 2.67. The molecular formula is C14H10F3N3. The van der Waals surface area contributed by atoms with Crippen LogP contribution in [0.1, 0.15) is 5.56 Å². The van der Waals surface area contributed by atoms with Gasteiger partial charge >= 0.3 is 6.18 Å². The van der Waals surface area contributed by atoms with E-state index in [9.17, 15) is 13.2 Å². The summed E-state index contributed by atoms with van der Waals surface area (Å²) in [4.78, 5) is 7.06. The number of hydrogen-bond donors (Lipinski definition) is 2. The van der Waals surface area contributed by atoms with E-state index >= 15 is 0 Å². The topological polar surface area (TPSA) is 54.7 Å². The molecule has 3 rings (SSSR count). The van der Waals surface area contributed by atoms with Gasteiger partial charge in [0.2, 0.25) is 0 Å². The molecule has 2 aromatic carbocycles. The van der Waals surface area contributed by atoms with E-state index in [1.54, 1.807) is 24.3 Å². The standard InChI is InChI=1S/C14H10F3N3/c15-14(16,17)10-4-2-1-3-9(10)13-19-11-6-5-8(18)7-12(11)20-13/h1-7H,18H2,(H,19,20). The molecule has 0 aliphatic carbocycles. The van der Waals surface area contributed by atoms with E-state index < -0.39 is 11.7 Å². The van der Waals surface area contributed by atoms with Crippen molar-refractivity contribution in [1.82, 2.24) is 9.97 Å². The van der Waals surface area contributed by atoms with Gasteiger partial charge in [-0.15, -0.1) is 0 Å². The zero-order chi connectivity index (χ0) is 14.3. The molecule has 0 atom stereocenters. The Morgan fingerprint density at radius 2 is 1.80 bits per heavy atom. The van der Waals surface area contributed by atoms with Gasteiger partial charge in [-0.25, -0.2) is 4.98 Å². The zero-order valence-corrected chi connectivity index (χ0v) is 10.2. The Morgan fingerprint density at radius 3 is 2.55 bits per heavy atom. The fourth-order valence-corrected chi connectivity index (χ4v) is 2.09. The lowest BCUT2D eigenvalue weighted by atomic mass is 10.1. The molecule has 0 saturated carbocycles. The number of nitrogens with two attached hydrogens (primary N) is 1. The van der Waals surface area contributed by atoms with Gasteiger partial charge in [0.05, 0.1) is 16.6 Å². The van der Waals surface area contributed by atoms with Gasteiger partial charge in [-0.3, -0.25) is 0 Å². The Hall–Kier alpha value is -2.50. The number of fused-ring (bicyclic) bond motifs is 1. The minimum absolute atomic E-state index is 0.0229. The first-order chi connectivity index (χ1) is 9.45. The predicted octanol–water partition coefficient (Wildman–Crippen LogP) is 3.83. The largest absolute Gasteiger partial charge is 0.417 e. The minimum Gasteiger partial charge on any atom is -0.399 e. The average Bonchev–Trinajstić information content (AvgIpc) is 2.80. The molecule has 0 radical (unpaired) electrons. The number of nitrogen functional groups attached to an aromatic ring is 1. The molecule has 0 saturated heterocycles. The Morgan fingerprint density at radius 1 is 1.05 bits per heavy atom. The maximum Gasteiger partial charge on any atom is 0.417 e. The van der Waals surface area contributed by atoms with Gasteiger partial charge in [-0.2, -0.15) is 13.2 Å². The van der Waals surface area contributed by atoms with Gasteiger partial charge < -0.3 is 10.7 Å². The quantitative estimate of drug-likeness (QED) is 0.664. The van der Waals surface area contributed by atoms with Crippen LogP contribution in [0.2, 0.25) is 0 Å². The molecule has 1 heterocycles. The zero-order valence-electron chi connectivity index (χ0n) is 10.2. The number of aromatic nitrogens is 2. The van der Waals surface area contributed by atoms with E-state index in [4.69, 9.17) is 5.73 Å². The van der Waals surface area contributed by atoms with Crippen LogP contribution in [0.3, 0.4) is 0 Å². The summed E-state index contributed by atoms with van der Waals surface area (Å²) in [5.74, 6) is 0.179. The number of imidazole rings is 1. The van der Waals surface area contributed by atoms with Crippen molar-refractivity contribution in [1.29, 1.82) is 0 Å². The second-order valence-electron chi connectivity index (χ2n) is 4.41. The first-order valence-electron chi connectivity index (χ1n) is 5.87. The van der Waals surface area contributed by atoms with Crippen LogP contribution in [0.15, 0.2) is 42.5 Å². The van der Waals surface area contributed by atoms with E-state index in [1.165, 1.54) is 12.1 Å². The van der Waals surface area contributed by atoms with Crippen LogP contribution in [-0.2, 0) is 6.18 Å². The summed E-state index contributed by atoms with van der Waals surface area (Å²) in [5.41, 5.74) is 6.66. The molecule has 3 N–H and O–H groups in total. The summed E-state index contributed by atoms with van der Waals surface area (Å²) in [6, 6.07) is 10.3. The summed E-state index contributed by atoms with van der Waals surface area (Å²) >= 11 is 0. The van der Waals surface area contributed by atoms with Gasteiger partial charge in [0.15, 0.2) is 0 Å². The second kappa shape index (κ2) is 4.26. The van der Waals surface area contributed by atoms with Crippen molar-refractivity contribution >= 4 is 16.7 Å². The van der Waals surface area contributed by atoms with E-state index in [1.807, 2.05) is 0 Å². The molecular weight excluding hydrogens is 267 g/mol. The SMILES string of the molecule is Nc1ccc2nc(-c3ccccc3C(F)(F)F)[nH]c2c1. The molecule has 0 spiro atoms. The lowest BCUT2D eigenvalue weighted by Crippen LogP contribution is -2.07. The van der Waals surface area contributed by atoms with Crippen molar-refractivity contribution in [2.24, 2.45) is 0 Å². The number of benzene rings is 2. The molecule has 20 heavy (non-hydrogen) atoms. The van der Waals surface area contributed by atoms with E-state index in [0.717, 1.165) is 6.07 Å². The molecule has 102 valence electrons. The third-order valence-electron chi connectivity index (χ3n) is 2.99. The number of halogens is 3. The van der Waals surface area contributed by atoms with Crippen molar-refractivity contribution in [3.8, 4) is 11.4 Å². The maximum absolute atomic E-state index is 13.0. The fourth-order valence-electron chi connectivity index (χ4n) is 2.09. The summed E-state index contributed by atoms with van der Waals surface area (Å²) in [7, 11) is 0.